The molecule has 44 heavy (non-hydrogen) atoms. The molecule has 0 bridgehead atoms. The summed E-state index contributed by atoms with van der Waals surface area (Å²) in [7, 11) is -16.9. The molecule has 2 aliphatic heterocycles. The Hall–Kier alpha value is -3.31. The zero-order chi connectivity index (χ0) is 32.0. The maximum absolute atomic E-state index is 12.4. The summed E-state index contributed by atoms with van der Waals surface area (Å²) < 4.78 is 66.5. The van der Waals surface area contributed by atoms with Crippen molar-refractivity contribution in [1.29, 1.82) is 0 Å². The zero-order valence-corrected chi connectivity index (χ0v) is 24.8. The Bertz CT molecular complexity index is 2020. The quantitative estimate of drug-likeness (QED) is 0.117. The molecule has 1 fully saturated rings. The predicted molar refractivity (Wildman–Crippen MR) is 146 cm³/mol. The molecular weight excluding hydrogens is 655 g/mol. The number of rotatable bonds is 10. The molecule has 3 heterocycles. The minimum atomic E-state index is -5.84. The number of nitrogens with zero attached hydrogens (tertiary/aromatic N) is 2. The van der Waals surface area contributed by atoms with Gasteiger partial charge in [0.05, 0.1) is 12.7 Å². The van der Waals surface area contributed by atoms with Gasteiger partial charge in [-0.15, -0.1) is 0 Å². The summed E-state index contributed by atoms with van der Waals surface area (Å²) in [5.41, 5.74) is -1.06. The lowest BCUT2D eigenvalue weighted by Gasteiger charge is -2.20. The SMILES string of the molecule is Cc1cn([C@H]2CC(O)[C@@H](COP(=O)(O)OP(=O)(O)OP(=O)(O)Oc3ccc4nc5ccc(=O)cc-5oc4c3)O2)c(=O)[nH]c1=O. The fourth-order valence-electron chi connectivity index (χ4n) is 4.09. The summed E-state index contributed by atoms with van der Waals surface area (Å²) in [6.07, 6.45) is -2.82. The Labute approximate surface area is 244 Å². The number of nitrogens with one attached hydrogen (secondary N) is 1. The second-order valence-electron chi connectivity index (χ2n) is 9.34. The minimum Gasteiger partial charge on any atom is -0.453 e. The van der Waals surface area contributed by atoms with Crippen LogP contribution in [0.5, 0.6) is 5.75 Å². The molecule has 2 aromatic rings. The molecule has 4 unspecified atom stereocenters. The van der Waals surface area contributed by atoms with Gasteiger partial charge in [-0.05, 0) is 31.2 Å². The second-order valence-corrected chi connectivity index (χ2v) is 13.9. The Morgan fingerprint density at radius 2 is 1.75 bits per heavy atom. The highest BCUT2D eigenvalue weighted by atomic mass is 31.3. The van der Waals surface area contributed by atoms with Crippen molar-refractivity contribution in [2.24, 2.45) is 0 Å². The van der Waals surface area contributed by atoms with Crippen LogP contribution in [0.25, 0.3) is 22.6 Å². The predicted octanol–water partition coefficient (Wildman–Crippen LogP) is 1.53. The van der Waals surface area contributed by atoms with Crippen LogP contribution in [0.2, 0.25) is 0 Å². The number of benzene rings is 2. The van der Waals surface area contributed by atoms with Crippen molar-refractivity contribution in [2.45, 2.75) is 31.8 Å². The maximum Gasteiger partial charge on any atom is 0.536 e. The van der Waals surface area contributed by atoms with E-state index in [0.29, 0.717) is 5.69 Å². The molecule has 5 rings (SSSR count). The van der Waals surface area contributed by atoms with Crippen molar-refractivity contribution in [3.8, 4) is 17.2 Å². The molecule has 19 nitrogen and oxygen atoms in total. The smallest absolute Gasteiger partial charge is 0.453 e. The molecule has 0 saturated carbocycles. The van der Waals surface area contributed by atoms with Gasteiger partial charge in [0, 0.05) is 30.3 Å². The number of phosphoric acid groups is 3. The summed E-state index contributed by atoms with van der Waals surface area (Å²) in [5.74, 6) is -0.322. The minimum absolute atomic E-state index is 0.00332. The molecule has 1 aromatic carbocycles. The van der Waals surface area contributed by atoms with Gasteiger partial charge in [0.2, 0.25) is 0 Å². The van der Waals surface area contributed by atoms with E-state index >= 15 is 0 Å². The van der Waals surface area contributed by atoms with Crippen LogP contribution in [0.15, 0.2) is 61.4 Å². The highest BCUT2D eigenvalue weighted by Crippen LogP contribution is 2.67. The number of aryl methyl sites for hydroxylation is 1. The Balaban J connectivity index is 1.21. The lowest BCUT2D eigenvalue weighted by molar-refractivity contribution is -0.0450. The number of aliphatic hydroxyl groups excluding tert-OH is 1. The molecule has 22 heteroatoms. The summed E-state index contributed by atoms with van der Waals surface area (Å²) in [6, 6.07) is 7.38. The molecule has 1 aromatic heterocycles. The Kier molecular flexibility index (Phi) is 8.67. The maximum atomic E-state index is 12.4. The normalized spacial score (nSPS) is 22.8. The topological polar surface area (TPSA) is 276 Å². The van der Waals surface area contributed by atoms with E-state index < -0.39 is 65.5 Å². The third-order valence-electron chi connectivity index (χ3n) is 6.02. The third-order valence-corrected chi connectivity index (χ3v) is 10.2. The number of aromatic amines is 1. The summed E-state index contributed by atoms with van der Waals surface area (Å²) in [6.45, 7) is 0.514. The van der Waals surface area contributed by atoms with E-state index in [1.54, 1.807) is 0 Å². The van der Waals surface area contributed by atoms with Crippen molar-refractivity contribution < 1.29 is 60.3 Å². The van der Waals surface area contributed by atoms with Gasteiger partial charge in [-0.25, -0.2) is 23.5 Å². The number of hydrogen-bond donors (Lipinski definition) is 5. The van der Waals surface area contributed by atoms with Gasteiger partial charge in [0.1, 0.15) is 29.3 Å². The van der Waals surface area contributed by atoms with Crippen LogP contribution in [-0.2, 0) is 31.6 Å². The van der Waals surface area contributed by atoms with Crippen molar-refractivity contribution in [3.63, 3.8) is 0 Å². The highest BCUT2D eigenvalue weighted by Gasteiger charge is 2.44. The summed E-state index contributed by atoms with van der Waals surface area (Å²) in [4.78, 5) is 71.3. The first-order valence-corrected chi connectivity index (χ1v) is 16.7. The van der Waals surface area contributed by atoms with Crippen molar-refractivity contribution in [2.75, 3.05) is 6.61 Å². The number of hydrogen-bond acceptors (Lipinski definition) is 14. The van der Waals surface area contributed by atoms with E-state index in [1.807, 2.05) is 0 Å². The van der Waals surface area contributed by atoms with Crippen molar-refractivity contribution in [3.05, 3.63) is 79.2 Å². The van der Waals surface area contributed by atoms with Gasteiger partial charge in [-0.2, -0.15) is 8.62 Å². The average Bonchev–Trinajstić information content (AvgIpc) is 3.26. The first kappa shape index (κ1) is 32.1. The van der Waals surface area contributed by atoms with Crippen LogP contribution < -0.4 is 21.2 Å². The standard InChI is InChI=1S/C22H22N3O16P3/c1-11-9-25(22(29)24-21(11)28)20-8-16(27)19(38-20)10-36-42(30,31)40-44(34,35)41-43(32,33)39-13-3-5-15-18(7-13)37-17-6-12(26)2-4-14(17)23-15/h2-7,9,16,19-20,27H,8,10H2,1H3,(H,30,31)(H,32,33)(H,34,35)(H,24,28,29)/t16?,19-,20-/m1/s1. The monoisotopic (exact) mass is 677 g/mol. The fourth-order valence-corrected chi connectivity index (χ4v) is 7.61. The summed E-state index contributed by atoms with van der Waals surface area (Å²) in [5, 5.41) is 10.2. The molecule has 3 aliphatic rings. The van der Waals surface area contributed by atoms with E-state index in [0.717, 1.165) is 22.8 Å². The molecule has 236 valence electrons. The van der Waals surface area contributed by atoms with Crippen LogP contribution >= 0.6 is 23.5 Å². The summed E-state index contributed by atoms with van der Waals surface area (Å²) >= 11 is 0. The first-order chi connectivity index (χ1) is 20.5. The number of ether oxygens (including phenoxy) is 1. The molecule has 0 spiro atoms. The van der Waals surface area contributed by atoms with E-state index in [2.05, 4.69) is 23.1 Å². The van der Waals surface area contributed by atoms with Gasteiger partial charge >= 0.3 is 29.2 Å². The molecule has 0 amide bonds. The lowest BCUT2D eigenvalue weighted by atomic mass is 10.2. The van der Waals surface area contributed by atoms with Gasteiger partial charge in [0.15, 0.2) is 16.8 Å². The molecule has 6 atom stereocenters. The second kappa shape index (κ2) is 11.9. The lowest BCUT2D eigenvalue weighted by Crippen LogP contribution is -2.33. The average molecular weight is 677 g/mol. The van der Waals surface area contributed by atoms with Crippen LogP contribution in [0.1, 0.15) is 18.2 Å². The van der Waals surface area contributed by atoms with E-state index in [9.17, 15) is 47.9 Å². The Morgan fingerprint density at radius 3 is 2.50 bits per heavy atom. The fraction of sp³-hybridized carbons (Fsp3) is 0.273. The highest BCUT2D eigenvalue weighted by molar-refractivity contribution is 7.67. The van der Waals surface area contributed by atoms with Crippen molar-refractivity contribution >= 4 is 34.6 Å². The number of aliphatic hydroxyl groups is 1. The molecule has 0 radical (unpaired) electrons. The van der Waals surface area contributed by atoms with Crippen LogP contribution in [-0.4, -0.2) is 53.1 Å². The number of H-pyrrole nitrogens is 1. The van der Waals surface area contributed by atoms with Crippen molar-refractivity contribution in [1.82, 2.24) is 14.5 Å². The van der Waals surface area contributed by atoms with Crippen LogP contribution in [0.3, 0.4) is 0 Å². The van der Waals surface area contributed by atoms with Crippen LogP contribution in [0.4, 0.5) is 0 Å². The van der Waals surface area contributed by atoms with Gasteiger partial charge < -0.3 is 28.6 Å². The molecule has 1 saturated heterocycles. The molecule has 5 N–H and O–H groups in total. The number of phosphoric ester groups is 2. The first-order valence-electron chi connectivity index (χ1n) is 12.2. The Morgan fingerprint density at radius 1 is 1.02 bits per heavy atom. The largest absolute Gasteiger partial charge is 0.536 e. The number of fused-ring (bicyclic) bond motifs is 2. The van der Waals surface area contributed by atoms with E-state index in [4.69, 9.17) is 13.7 Å². The van der Waals surface area contributed by atoms with Crippen LogP contribution in [0, 0.1) is 6.92 Å². The zero-order valence-electron chi connectivity index (χ0n) is 22.1. The van der Waals surface area contributed by atoms with E-state index in [-0.39, 0.29) is 34.3 Å². The van der Waals surface area contributed by atoms with Gasteiger partial charge in [-0.3, -0.25) is 28.6 Å². The third kappa shape index (κ3) is 7.48. The molecular formula is C22H22N3O16P3. The van der Waals surface area contributed by atoms with Gasteiger partial charge in [0.25, 0.3) is 5.56 Å². The number of aromatic nitrogens is 3. The van der Waals surface area contributed by atoms with Gasteiger partial charge in [-0.1, -0.05) is 0 Å². The van der Waals surface area contributed by atoms with E-state index in [1.165, 1.54) is 31.3 Å². The molecule has 1 aliphatic carbocycles.